The van der Waals surface area contributed by atoms with Crippen molar-refractivity contribution in [3.05, 3.63) is 29.3 Å². The Morgan fingerprint density at radius 3 is 2.71 bits per heavy atom. The van der Waals surface area contributed by atoms with E-state index in [-0.39, 0.29) is 0 Å². The predicted molar refractivity (Wildman–Crippen MR) is 81.3 cm³/mol. The number of nitrogens with zero attached hydrogens (tertiary/aromatic N) is 2. The Hall–Kier alpha value is -2.24. The van der Waals surface area contributed by atoms with E-state index in [9.17, 15) is 4.79 Å². The molecule has 0 saturated carbocycles. The molecular weight excluding hydrogens is 270 g/mol. The second kappa shape index (κ2) is 5.63. The highest BCUT2D eigenvalue weighted by molar-refractivity contribution is 5.98. The Kier molecular flexibility index (Phi) is 4.06. The van der Waals surface area contributed by atoms with E-state index in [1.165, 1.54) is 0 Å². The third-order valence-electron chi connectivity index (χ3n) is 2.64. The molecule has 0 atom stereocenters. The highest BCUT2D eigenvalue weighted by atomic mass is 16.6. The van der Waals surface area contributed by atoms with Crippen molar-refractivity contribution in [2.24, 2.45) is 5.10 Å². The SMILES string of the molecule is CN(C)/N=C1\OCc2cc(NC(=O)OC(C)(C)C)ccc21. The Balaban J connectivity index is 2.11. The predicted octanol–water partition coefficient (Wildman–Crippen LogP) is 2.79. The van der Waals surface area contributed by atoms with Crippen LogP contribution in [0.5, 0.6) is 0 Å². The molecule has 0 radical (unpaired) electrons. The number of hydrazone groups is 1. The van der Waals surface area contributed by atoms with Crippen LogP contribution in [0, 0.1) is 0 Å². The molecule has 1 N–H and O–H groups in total. The van der Waals surface area contributed by atoms with Crippen molar-refractivity contribution < 1.29 is 14.3 Å². The third-order valence-corrected chi connectivity index (χ3v) is 2.64. The van der Waals surface area contributed by atoms with Gasteiger partial charge in [-0.2, -0.15) is 0 Å². The zero-order valence-electron chi connectivity index (χ0n) is 13.1. The summed E-state index contributed by atoms with van der Waals surface area (Å²) in [4.78, 5) is 11.7. The zero-order chi connectivity index (χ0) is 15.6. The van der Waals surface area contributed by atoms with Crippen LogP contribution in [0.15, 0.2) is 23.3 Å². The van der Waals surface area contributed by atoms with E-state index < -0.39 is 11.7 Å². The summed E-state index contributed by atoms with van der Waals surface area (Å²) in [5.74, 6) is 0.596. The number of hydrogen-bond donors (Lipinski definition) is 1. The maximum Gasteiger partial charge on any atom is 0.412 e. The van der Waals surface area contributed by atoms with Gasteiger partial charge in [-0.05, 0) is 39.0 Å². The smallest absolute Gasteiger partial charge is 0.412 e. The third kappa shape index (κ3) is 4.11. The molecule has 6 heteroatoms. The molecule has 1 amide bonds. The number of carbonyl (C=O) groups is 1. The lowest BCUT2D eigenvalue weighted by atomic mass is 10.1. The van der Waals surface area contributed by atoms with Gasteiger partial charge in [0, 0.05) is 30.9 Å². The summed E-state index contributed by atoms with van der Waals surface area (Å²) in [6.07, 6.45) is -0.469. The summed E-state index contributed by atoms with van der Waals surface area (Å²) < 4.78 is 10.8. The van der Waals surface area contributed by atoms with Crippen molar-refractivity contribution in [3.8, 4) is 0 Å². The summed E-state index contributed by atoms with van der Waals surface area (Å²) in [6.45, 7) is 5.93. The summed E-state index contributed by atoms with van der Waals surface area (Å²) in [6, 6.07) is 5.57. The normalized spacial score (nSPS) is 15.4. The lowest BCUT2D eigenvalue weighted by Gasteiger charge is -2.19. The molecule has 0 unspecified atom stereocenters. The Labute approximate surface area is 124 Å². The number of carbonyl (C=O) groups excluding carboxylic acids is 1. The van der Waals surface area contributed by atoms with Crippen LogP contribution in [0.4, 0.5) is 10.5 Å². The first-order chi connectivity index (χ1) is 9.74. The molecular formula is C15H21N3O3. The fraction of sp³-hybridized carbons (Fsp3) is 0.467. The molecule has 21 heavy (non-hydrogen) atoms. The number of amides is 1. The maximum atomic E-state index is 11.7. The molecule has 0 saturated heterocycles. The van der Waals surface area contributed by atoms with Crippen molar-refractivity contribution >= 4 is 17.7 Å². The van der Waals surface area contributed by atoms with E-state index in [0.717, 1.165) is 11.1 Å². The van der Waals surface area contributed by atoms with E-state index in [4.69, 9.17) is 9.47 Å². The van der Waals surface area contributed by atoms with Crippen molar-refractivity contribution in [2.45, 2.75) is 33.0 Å². The van der Waals surface area contributed by atoms with Gasteiger partial charge in [0.2, 0.25) is 5.90 Å². The summed E-state index contributed by atoms with van der Waals surface area (Å²) in [5, 5.41) is 8.68. The molecule has 0 bridgehead atoms. The number of hydrogen-bond acceptors (Lipinski definition) is 5. The second-order valence-electron chi connectivity index (χ2n) is 6.04. The van der Waals surface area contributed by atoms with Crippen LogP contribution in [0.25, 0.3) is 0 Å². The van der Waals surface area contributed by atoms with Gasteiger partial charge in [-0.3, -0.25) is 10.3 Å². The topological polar surface area (TPSA) is 63.2 Å². The second-order valence-corrected chi connectivity index (χ2v) is 6.04. The fourth-order valence-corrected chi connectivity index (χ4v) is 1.91. The molecule has 2 rings (SSSR count). The van der Waals surface area contributed by atoms with E-state index >= 15 is 0 Å². The molecule has 114 valence electrons. The van der Waals surface area contributed by atoms with E-state index in [2.05, 4.69) is 10.4 Å². The van der Waals surface area contributed by atoms with Crippen LogP contribution in [0.1, 0.15) is 31.9 Å². The molecule has 1 aromatic rings. The summed E-state index contributed by atoms with van der Waals surface area (Å²) in [5.41, 5.74) is 2.09. The van der Waals surface area contributed by atoms with E-state index in [1.807, 2.05) is 53.1 Å². The van der Waals surface area contributed by atoms with Crippen LogP contribution < -0.4 is 5.32 Å². The molecule has 0 fully saturated rings. The van der Waals surface area contributed by atoms with Crippen molar-refractivity contribution in [3.63, 3.8) is 0 Å². The number of rotatable bonds is 2. The summed E-state index contributed by atoms with van der Waals surface area (Å²) in [7, 11) is 3.68. The molecule has 0 spiro atoms. The molecule has 1 aliphatic heterocycles. The van der Waals surface area contributed by atoms with Gasteiger partial charge in [-0.25, -0.2) is 4.79 Å². The van der Waals surface area contributed by atoms with Gasteiger partial charge in [0.1, 0.15) is 12.2 Å². The zero-order valence-corrected chi connectivity index (χ0v) is 13.1. The number of fused-ring (bicyclic) bond motifs is 1. The van der Waals surface area contributed by atoms with Crippen LogP contribution in [-0.2, 0) is 16.1 Å². The van der Waals surface area contributed by atoms with Crippen molar-refractivity contribution in [2.75, 3.05) is 19.4 Å². The first-order valence-electron chi connectivity index (χ1n) is 6.76. The number of nitrogens with one attached hydrogen (secondary N) is 1. The average molecular weight is 291 g/mol. The van der Waals surface area contributed by atoms with E-state index in [0.29, 0.717) is 18.2 Å². The lowest BCUT2D eigenvalue weighted by Crippen LogP contribution is -2.27. The van der Waals surface area contributed by atoms with E-state index in [1.54, 1.807) is 5.01 Å². The number of ether oxygens (including phenoxy) is 2. The van der Waals surface area contributed by atoms with Gasteiger partial charge in [0.25, 0.3) is 0 Å². The molecule has 6 nitrogen and oxygen atoms in total. The molecule has 1 heterocycles. The first-order valence-corrected chi connectivity index (χ1v) is 6.76. The van der Waals surface area contributed by atoms with Gasteiger partial charge < -0.3 is 9.47 Å². The van der Waals surface area contributed by atoms with Gasteiger partial charge in [-0.1, -0.05) is 0 Å². The quantitative estimate of drug-likeness (QED) is 0.851. The minimum absolute atomic E-state index is 0.450. The highest BCUT2D eigenvalue weighted by Gasteiger charge is 2.21. The molecule has 0 aliphatic carbocycles. The molecule has 0 aromatic heterocycles. The minimum Gasteiger partial charge on any atom is -0.471 e. The Morgan fingerprint density at radius 1 is 1.38 bits per heavy atom. The van der Waals surface area contributed by atoms with Crippen LogP contribution in [0.2, 0.25) is 0 Å². The Morgan fingerprint density at radius 2 is 2.10 bits per heavy atom. The summed E-state index contributed by atoms with van der Waals surface area (Å²) >= 11 is 0. The van der Waals surface area contributed by atoms with Gasteiger partial charge in [-0.15, -0.1) is 5.10 Å². The monoisotopic (exact) mass is 291 g/mol. The largest absolute Gasteiger partial charge is 0.471 e. The van der Waals surface area contributed by atoms with Crippen molar-refractivity contribution in [1.29, 1.82) is 0 Å². The maximum absolute atomic E-state index is 11.7. The molecule has 1 aromatic carbocycles. The van der Waals surface area contributed by atoms with Gasteiger partial charge in [0.15, 0.2) is 0 Å². The lowest BCUT2D eigenvalue weighted by molar-refractivity contribution is 0.0636. The number of anilines is 1. The minimum atomic E-state index is -0.518. The first kappa shape index (κ1) is 15.2. The Bertz CT molecular complexity index is 574. The van der Waals surface area contributed by atoms with Gasteiger partial charge in [0.05, 0.1) is 0 Å². The number of benzene rings is 1. The van der Waals surface area contributed by atoms with Crippen LogP contribution >= 0.6 is 0 Å². The fourth-order valence-electron chi connectivity index (χ4n) is 1.91. The molecule has 1 aliphatic rings. The van der Waals surface area contributed by atoms with Crippen LogP contribution in [-0.4, -0.2) is 36.7 Å². The average Bonchev–Trinajstić information content (AvgIpc) is 2.68. The van der Waals surface area contributed by atoms with Crippen LogP contribution in [0.3, 0.4) is 0 Å². The van der Waals surface area contributed by atoms with Gasteiger partial charge >= 0.3 is 6.09 Å². The standard InChI is InChI=1S/C15H21N3O3/c1-15(2,3)21-14(19)16-11-6-7-12-10(8-11)9-20-13(12)17-18(4)5/h6-8H,9H2,1-5H3,(H,16,19)/b17-13-. The highest BCUT2D eigenvalue weighted by Crippen LogP contribution is 2.24. The van der Waals surface area contributed by atoms with Crippen molar-refractivity contribution in [1.82, 2.24) is 5.01 Å².